The maximum atomic E-state index is 10.5. The van der Waals surface area contributed by atoms with Gasteiger partial charge < -0.3 is 19.9 Å². The number of fused-ring (bicyclic) bond motifs is 1. The van der Waals surface area contributed by atoms with Crippen LogP contribution in [0.25, 0.3) is 0 Å². The fraction of sp³-hybridized carbons (Fsp3) is 0.571. The number of benzene rings is 1. The van der Waals surface area contributed by atoms with Crippen LogP contribution in [0.3, 0.4) is 0 Å². The van der Waals surface area contributed by atoms with Crippen molar-refractivity contribution >= 4 is 11.6 Å². The lowest BCUT2D eigenvalue weighted by atomic mass is 9.88. The summed E-state index contributed by atoms with van der Waals surface area (Å²) in [6.45, 7) is 3.35. The fourth-order valence-electron chi connectivity index (χ4n) is 2.78. The lowest BCUT2D eigenvalue weighted by Gasteiger charge is -2.32. The molecule has 4 nitrogen and oxygen atoms in total. The predicted octanol–water partition coefficient (Wildman–Crippen LogP) is 2.49. The van der Waals surface area contributed by atoms with Crippen molar-refractivity contribution in [1.82, 2.24) is 5.32 Å². The average Bonchev–Trinajstić information content (AvgIpc) is 2.86. The van der Waals surface area contributed by atoms with Crippen molar-refractivity contribution in [2.45, 2.75) is 31.9 Å². The summed E-state index contributed by atoms with van der Waals surface area (Å²) >= 11 is 6.15. The van der Waals surface area contributed by atoms with Gasteiger partial charge in [0, 0.05) is 6.04 Å². The summed E-state index contributed by atoms with van der Waals surface area (Å²) in [6.07, 6.45) is 1.55. The molecule has 0 aliphatic carbocycles. The van der Waals surface area contributed by atoms with E-state index in [2.05, 4.69) is 12.2 Å². The smallest absolute Gasteiger partial charge is 0.231 e. The second-order valence-electron chi connectivity index (χ2n) is 5.37. The molecular formula is C14H18ClNO3. The van der Waals surface area contributed by atoms with E-state index in [9.17, 15) is 5.11 Å². The molecule has 1 aromatic carbocycles. The molecule has 19 heavy (non-hydrogen) atoms. The second-order valence-corrected chi connectivity index (χ2v) is 5.78. The lowest BCUT2D eigenvalue weighted by molar-refractivity contribution is 0.101. The first-order chi connectivity index (χ1) is 9.15. The Balaban J connectivity index is 1.83. The van der Waals surface area contributed by atoms with Crippen LogP contribution >= 0.6 is 11.6 Å². The van der Waals surface area contributed by atoms with Crippen molar-refractivity contribution in [3.8, 4) is 11.5 Å². The summed E-state index contributed by atoms with van der Waals surface area (Å²) in [5.41, 5.74) is 0.779. The molecule has 5 heteroatoms. The van der Waals surface area contributed by atoms with Gasteiger partial charge in [0.2, 0.25) is 6.79 Å². The van der Waals surface area contributed by atoms with Gasteiger partial charge in [0.05, 0.1) is 11.1 Å². The third kappa shape index (κ3) is 2.53. The van der Waals surface area contributed by atoms with Crippen LogP contribution in [0.2, 0.25) is 5.02 Å². The Labute approximate surface area is 117 Å². The summed E-state index contributed by atoms with van der Waals surface area (Å²) in [4.78, 5) is 0. The standard InChI is InChI=1S/C14H18ClNO3/c1-8-2-3-16-11(4-8)13(17)9-5-10(15)14-12(6-9)18-7-19-14/h5-6,8,11,13,16-17H,2-4,7H2,1H3. The SMILES string of the molecule is CC1CCNC(C(O)c2cc(Cl)c3c(c2)OCO3)C1. The maximum absolute atomic E-state index is 10.5. The molecule has 2 N–H and O–H groups in total. The second kappa shape index (κ2) is 5.19. The van der Waals surface area contributed by atoms with Crippen LogP contribution in [-0.2, 0) is 0 Å². The molecule has 1 saturated heterocycles. The molecule has 0 bridgehead atoms. The van der Waals surface area contributed by atoms with Gasteiger partial charge in [0.25, 0.3) is 0 Å². The molecule has 2 aliphatic heterocycles. The molecule has 3 unspecified atom stereocenters. The molecular weight excluding hydrogens is 266 g/mol. The number of piperidine rings is 1. The Kier molecular flexibility index (Phi) is 3.56. The van der Waals surface area contributed by atoms with Gasteiger partial charge in [-0.2, -0.15) is 0 Å². The van der Waals surface area contributed by atoms with E-state index in [-0.39, 0.29) is 12.8 Å². The Morgan fingerprint density at radius 1 is 1.42 bits per heavy atom. The van der Waals surface area contributed by atoms with Crippen LogP contribution in [-0.4, -0.2) is 24.5 Å². The van der Waals surface area contributed by atoms with Crippen LogP contribution in [0, 0.1) is 5.92 Å². The van der Waals surface area contributed by atoms with Gasteiger partial charge in [-0.25, -0.2) is 0 Å². The van der Waals surface area contributed by atoms with Crippen LogP contribution in [0.1, 0.15) is 31.4 Å². The molecule has 1 fully saturated rings. The Morgan fingerprint density at radius 3 is 3.05 bits per heavy atom. The van der Waals surface area contributed by atoms with Crippen LogP contribution in [0.4, 0.5) is 0 Å². The topological polar surface area (TPSA) is 50.7 Å². The molecule has 0 aromatic heterocycles. The highest BCUT2D eigenvalue weighted by atomic mass is 35.5. The summed E-state index contributed by atoms with van der Waals surface area (Å²) in [6, 6.07) is 3.65. The van der Waals surface area contributed by atoms with Gasteiger partial charge in [-0.1, -0.05) is 18.5 Å². The van der Waals surface area contributed by atoms with E-state index in [1.54, 1.807) is 6.07 Å². The third-order valence-corrected chi connectivity index (χ3v) is 4.15. The normalized spacial score (nSPS) is 27.3. The molecule has 0 amide bonds. The number of halogens is 1. The number of ether oxygens (including phenoxy) is 2. The number of rotatable bonds is 2. The zero-order valence-corrected chi connectivity index (χ0v) is 11.6. The van der Waals surface area contributed by atoms with Crippen molar-refractivity contribution in [2.75, 3.05) is 13.3 Å². The minimum atomic E-state index is -0.574. The highest BCUT2D eigenvalue weighted by Crippen LogP contribution is 2.41. The van der Waals surface area contributed by atoms with E-state index < -0.39 is 6.10 Å². The van der Waals surface area contributed by atoms with Gasteiger partial charge in [0.1, 0.15) is 0 Å². The van der Waals surface area contributed by atoms with E-state index >= 15 is 0 Å². The Morgan fingerprint density at radius 2 is 2.26 bits per heavy atom. The fourth-order valence-corrected chi connectivity index (χ4v) is 3.05. The summed E-state index contributed by atoms with van der Waals surface area (Å²) < 4.78 is 10.6. The lowest BCUT2D eigenvalue weighted by Crippen LogP contribution is -2.41. The first kappa shape index (κ1) is 13.0. The number of hydrogen-bond acceptors (Lipinski definition) is 4. The first-order valence-electron chi connectivity index (χ1n) is 6.65. The van der Waals surface area contributed by atoms with E-state index in [4.69, 9.17) is 21.1 Å². The predicted molar refractivity (Wildman–Crippen MR) is 72.7 cm³/mol. The van der Waals surface area contributed by atoms with Crippen molar-refractivity contribution < 1.29 is 14.6 Å². The van der Waals surface area contributed by atoms with Gasteiger partial charge in [-0.3, -0.25) is 0 Å². The number of nitrogens with one attached hydrogen (secondary N) is 1. The molecule has 0 radical (unpaired) electrons. The molecule has 0 spiro atoms. The first-order valence-corrected chi connectivity index (χ1v) is 7.03. The highest BCUT2D eigenvalue weighted by molar-refractivity contribution is 6.32. The zero-order chi connectivity index (χ0) is 13.4. The summed E-state index contributed by atoms with van der Waals surface area (Å²) in [5, 5.41) is 14.4. The number of hydrogen-bond donors (Lipinski definition) is 2. The molecule has 3 rings (SSSR count). The van der Waals surface area contributed by atoms with Crippen molar-refractivity contribution in [3.63, 3.8) is 0 Å². The maximum Gasteiger partial charge on any atom is 0.231 e. The van der Waals surface area contributed by atoms with E-state index in [1.165, 1.54) is 0 Å². The zero-order valence-electron chi connectivity index (χ0n) is 10.9. The van der Waals surface area contributed by atoms with Crippen molar-refractivity contribution in [1.29, 1.82) is 0 Å². The average molecular weight is 284 g/mol. The van der Waals surface area contributed by atoms with Gasteiger partial charge in [0.15, 0.2) is 11.5 Å². The molecule has 1 aromatic rings. The van der Waals surface area contributed by atoms with E-state index in [1.807, 2.05) is 6.07 Å². The minimum Gasteiger partial charge on any atom is -0.454 e. The quantitative estimate of drug-likeness (QED) is 0.876. The molecule has 3 atom stereocenters. The number of aliphatic hydroxyl groups is 1. The largest absolute Gasteiger partial charge is 0.454 e. The van der Waals surface area contributed by atoms with E-state index in [0.717, 1.165) is 24.9 Å². The summed E-state index contributed by atoms with van der Waals surface area (Å²) in [7, 11) is 0. The number of aliphatic hydroxyl groups excluding tert-OH is 1. The monoisotopic (exact) mass is 283 g/mol. The third-order valence-electron chi connectivity index (χ3n) is 3.87. The van der Waals surface area contributed by atoms with Crippen molar-refractivity contribution in [2.24, 2.45) is 5.92 Å². The molecule has 2 heterocycles. The van der Waals surface area contributed by atoms with Crippen LogP contribution in [0.5, 0.6) is 11.5 Å². The summed E-state index contributed by atoms with van der Waals surface area (Å²) in [5.74, 6) is 1.82. The highest BCUT2D eigenvalue weighted by Gasteiger charge is 2.28. The van der Waals surface area contributed by atoms with E-state index in [0.29, 0.717) is 22.4 Å². The molecule has 0 saturated carbocycles. The Hall–Kier alpha value is -0.970. The van der Waals surface area contributed by atoms with Crippen LogP contribution < -0.4 is 14.8 Å². The minimum absolute atomic E-state index is 0.0696. The molecule has 2 aliphatic rings. The van der Waals surface area contributed by atoms with Gasteiger partial charge in [-0.05, 0) is 43.0 Å². The van der Waals surface area contributed by atoms with Gasteiger partial charge >= 0.3 is 0 Å². The van der Waals surface area contributed by atoms with Gasteiger partial charge in [-0.15, -0.1) is 0 Å². The Bertz CT molecular complexity index is 480. The van der Waals surface area contributed by atoms with Crippen molar-refractivity contribution in [3.05, 3.63) is 22.7 Å². The van der Waals surface area contributed by atoms with Crippen LogP contribution in [0.15, 0.2) is 12.1 Å². The molecule has 104 valence electrons.